The zero-order chi connectivity index (χ0) is 21.2. The highest BCUT2D eigenvalue weighted by Crippen LogP contribution is 2.49. The van der Waals surface area contributed by atoms with Crippen molar-refractivity contribution in [2.24, 2.45) is 10.4 Å². The minimum atomic E-state index is -0.205. The standard InChI is InChI=1S/C23H37FN4O2/c1-3-25-22(27-18-23(9-10-23)11-14-29-4-2)26-17-21(28-12-15-30-16-13-28)19-5-7-20(24)8-6-19/h5-8,21H,3-4,9-18H2,1-2H3,(H2,25,26,27). The molecule has 1 unspecified atom stereocenters. The molecule has 1 saturated carbocycles. The number of hydrogen-bond acceptors (Lipinski definition) is 4. The van der Waals surface area contributed by atoms with Gasteiger partial charge in [0.1, 0.15) is 5.82 Å². The molecule has 7 heteroatoms. The molecule has 1 aliphatic carbocycles. The maximum atomic E-state index is 13.4. The first kappa shape index (κ1) is 23.0. The molecular formula is C23H37FN4O2. The van der Waals surface area contributed by atoms with Crippen LogP contribution in [-0.4, -0.2) is 70.0 Å². The van der Waals surface area contributed by atoms with Gasteiger partial charge in [0.2, 0.25) is 0 Å². The maximum Gasteiger partial charge on any atom is 0.191 e. The first-order valence-corrected chi connectivity index (χ1v) is 11.3. The maximum absolute atomic E-state index is 13.4. The number of benzene rings is 1. The fourth-order valence-corrected chi connectivity index (χ4v) is 3.91. The van der Waals surface area contributed by atoms with E-state index in [0.717, 1.165) is 70.6 Å². The number of halogens is 1. The minimum Gasteiger partial charge on any atom is -0.382 e. The zero-order valence-corrected chi connectivity index (χ0v) is 18.5. The predicted octanol–water partition coefficient (Wildman–Crippen LogP) is 2.96. The van der Waals surface area contributed by atoms with Gasteiger partial charge in [0.25, 0.3) is 0 Å². The van der Waals surface area contributed by atoms with Crippen LogP contribution in [0.4, 0.5) is 4.39 Å². The van der Waals surface area contributed by atoms with Crippen molar-refractivity contribution in [1.29, 1.82) is 0 Å². The largest absolute Gasteiger partial charge is 0.382 e. The van der Waals surface area contributed by atoms with Gasteiger partial charge in [0.05, 0.1) is 19.3 Å². The molecular weight excluding hydrogens is 383 g/mol. The Bertz CT molecular complexity index is 658. The van der Waals surface area contributed by atoms with E-state index in [0.29, 0.717) is 12.0 Å². The Balaban J connectivity index is 1.62. The van der Waals surface area contributed by atoms with Gasteiger partial charge in [-0.25, -0.2) is 4.39 Å². The Morgan fingerprint density at radius 2 is 1.93 bits per heavy atom. The summed E-state index contributed by atoms with van der Waals surface area (Å²) in [5, 5.41) is 6.90. The van der Waals surface area contributed by atoms with Gasteiger partial charge >= 0.3 is 0 Å². The molecule has 1 atom stereocenters. The lowest BCUT2D eigenvalue weighted by Gasteiger charge is -2.35. The van der Waals surface area contributed by atoms with E-state index in [1.807, 2.05) is 19.1 Å². The van der Waals surface area contributed by atoms with E-state index >= 15 is 0 Å². The van der Waals surface area contributed by atoms with Crippen molar-refractivity contribution >= 4 is 5.96 Å². The molecule has 30 heavy (non-hydrogen) atoms. The molecule has 168 valence electrons. The average molecular weight is 421 g/mol. The Morgan fingerprint density at radius 1 is 1.20 bits per heavy atom. The zero-order valence-electron chi connectivity index (χ0n) is 18.5. The van der Waals surface area contributed by atoms with Crippen LogP contribution in [0.15, 0.2) is 29.3 Å². The lowest BCUT2D eigenvalue weighted by atomic mass is 10.0. The monoisotopic (exact) mass is 420 g/mol. The molecule has 2 aliphatic rings. The normalized spacial score (nSPS) is 20.0. The third-order valence-electron chi connectivity index (χ3n) is 6.06. The third-order valence-corrected chi connectivity index (χ3v) is 6.06. The SMILES string of the molecule is CCNC(=NCC1(CCOCC)CC1)NCC(c1ccc(F)cc1)N1CCOCC1. The van der Waals surface area contributed by atoms with Gasteiger partial charge in [-0.2, -0.15) is 0 Å². The lowest BCUT2D eigenvalue weighted by molar-refractivity contribution is 0.0170. The molecule has 6 nitrogen and oxygen atoms in total. The fourth-order valence-electron chi connectivity index (χ4n) is 3.91. The predicted molar refractivity (Wildman–Crippen MR) is 118 cm³/mol. The summed E-state index contributed by atoms with van der Waals surface area (Å²) in [5.74, 6) is 0.643. The van der Waals surface area contributed by atoms with Crippen LogP contribution in [0.5, 0.6) is 0 Å². The summed E-state index contributed by atoms with van der Waals surface area (Å²) in [6.45, 7) is 11.3. The average Bonchev–Trinajstić information content (AvgIpc) is 3.54. The van der Waals surface area contributed by atoms with Gasteiger partial charge in [-0.15, -0.1) is 0 Å². The second-order valence-corrected chi connectivity index (χ2v) is 8.24. The van der Waals surface area contributed by atoms with Crippen molar-refractivity contribution in [2.75, 3.05) is 59.2 Å². The number of hydrogen-bond donors (Lipinski definition) is 2. The highest BCUT2D eigenvalue weighted by Gasteiger charge is 2.41. The highest BCUT2D eigenvalue weighted by molar-refractivity contribution is 5.79. The van der Waals surface area contributed by atoms with Crippen LogP contribution >= 0.6 is 0 Å². The van der Waals surface area contributed by atoms with Crippen molar-refractivity contribution in [3.8, 4) is 0 Å². The molecule has 1 aromatic rings. The molecule has 1 aliphatic heterocycles. The Morgan fingerprint density at radius 3 is 2.57 bits per heavy atom. The molecule has 1 saturated heterocycles. The summed E-state index contributed by atoms with van der Waals surface area (Å²) >= 11 is 0. The number of nitrogens with one attached hydrogen (secondary N) is 2. The molecule has 0 radical (unpaired) electrons. The van der Waals surface area contributed by atoms with E-state index < -0.39 is 0 Å². The molecule has 3 rings (SSSR count). The highest BCUT2D eigenvalue weighted by atomic mass is 19.1. The number of rotatable bonds is 11. The van der Waals surface area contributed by atoms with Crippen molar-refractivity contribution < 1.29 is 13.9 Å². The van der Waals surface area contributed by atoms with Gasteiger partial charge in [-0.05, 0) is 56.2 Å². The van der Waals surface area contributed by atoms with Crippen LogP contribution in [0.1, 0.15) is 44.7 Å². The minimum absolute atomic E-state index is 0.145. The molecule has 2 fully saturated rings. The number of guanidine groups is 1. The summed E-state index contributed by atoms with van der Waals surface area (Å²) in [6.07, 6.45) is 3.54. The van der Waals surface area contributed by atoms with Crippen molar-refractivity contribution in [3.63, 3.8) is 0 Å². The molecule has 0 spiro atoms. The number of nitrogens with zero attached hydrogens (tertiary/aromatic N) is 2. The van der Waals surface area contributed by atoms with Crippen LogP contribution < -0.4 is 10.6 Å². The number of aliphatic imine (C=N–C) groups is 1. The van der Waals surface area contributed by atoms with Gasteiger partial charge in [-0.3, -0.25) is 9.89 Å². The topological polar surface area (TPSA) is 58.1 Å². The fraction of sp³-hybridized carbons (Fsp3) is 0.696. The molecule has 0 bridgehead atoms. The van der Waals surface area contributed by atoms with Crippen LogP contribution in [0.25, 0.3) is 0 Å². The molecule has 0 amide bonds. The first-order chi connectivity index (χ1) is 14.7. The van der Waals surface area contributed by atoms with E-state index in [1.54, 1.807) is 0 Å². The summed E-state index contributed by atoms with van der Waals surface area (Å²) in [4.78, 5) is 7.29. The quantitative estimate of drug-likeness (QED) is 0.327. The van der Waals surface area contributed by atoms with E-state index in [-0.39, 0.29) is 11.9 Å². The van der Waals surface area contributed by atoms with E-state index in [2.05, 4.69) is 22.5 Å². The molecule has 0 aromatic heterocycles. The van der Waals surface area contributed by atoms with Crippen molar-refractivity contribution in [2.45, 2.75) is 39.2 Å². The van der Waals surface area contributed by atoms with Crippen LogP contribution in [0.3, 0.4) is 0 Å². The summed E-state index contributed by atoms with van der Waals surface area (Å²) < 4.78 is 24.5. The summed E-state index contributed by atoms with van der Waals surface area (Å²) in [5.41, 5.74) is 1.43. The number of ether oxygens (including phenoxy) is 2. The van der Waals surface area contributed by atoms with E-state index in [1.165, 1.54) is 25.0 Å². The third kappa shape index (κ3) is 6.93. The Labute approximate surface area is 180 Å². The van der Waals surface area contributed by atoms with Crippen molar-refractivity contribution in [1.82, 2.24) is 15.5 Å². The van der Waals surface area contributed by atoms with E-state index in [9.17, 15) is 4.39 Å². The van der Waals surface area contributed by atoms with Gasteiger partial charge < -0.3 is 20.1 Å². The Hall–Kier alpha value is -1.70. The van der Waals surface area contributed by atoms with E-state index in [4.69, 9.17) is 14.5 Å². The molecule has 1 aromatic carbocycles. The van der Waals surface area contributed by atoms with Crippen LogP contribution in [-0.2, 0) is 9.47 Å². The Kier molecular flexibility index (Phi) is 8.90. The lowest BCUT2D eigenvalue weighted by Crippen LogP contribution is -2.46. The van der Waals surface area contributed by atoms with Gasteiger partial charge in [0, 0.05) is 45.9 Å². The summed E-state index contributed by atoms with van der Waals surface area (Å²) in [6, 6.07) is 6.99. The second-order valence-electron chi connectivity index (χ2n) is 8.24. The first-order valence-electron chi connectivity index (χ1n) is 11.3. The molecule has 2 N–H and O–H groups in total. The van der Waals surface area contributed by atoms with Gasteiger partial charge in [0.15, 0.2) is 5.96 Å². The van der Waals surface area contributed by atoms with Crippen molar-refractivity contribution in [3.05, 3.63) is 35.6 Å². The van der Waals surface area contributed by atoms with Crippen LogP contribution in [0, 0.1) is 11.2 Å². The second kappa shape index (κ2) is 11.6. The smallest absolute Gasteiger partial charge is 0.191 e. The van der Waals surface area contributed by atoms with Crippen LogP contribution in [0.2, 0.25) is 0 Å². The van der Waals surface area contributed by atoms with Gasteiger partial charge in [-0.1, -0.05) is 12.1 Å². The summed E-state index contributed by atoms with van der Waals surface area (Å²) in [7, 11) is 0. The molecule has 1 heterocycles. The number of morpholine rings is 1.